The van der Waals surface area contributed by atoms with Crippen molar-refractivity contribution >= 4 is 6.16 Å². The topological polar surface area (TPSA) is 35.5 Å². The second kappa shape index (κ2) is 20.1. The minimum atomic E-state index is -0.527. The van der Waals surface area contributed by atoms with Gasteiger partial charge in [-0.2, -0.15) is 0 Å². The Kier molecular flexibility index (Phi) is 19.1. The highest BCUT2D eigenvalue weighted by atomic mass is 16.7. The lowest BCUT2D eigenvalue weighted by Crippen LogP contribution is -2.12. The van der Waals surface area contributed by atoms with Crippen LogP contribution in [0.2, 0.25) is 0 Å². The maximum absolute atomic E-state index is 11.3. The second-order valence-electron chi connectivity index (χ2n) is 7.39. The Morgan fingerprint density at radius 2 is 1.35 bits per heavy atom. The molecule has 0 spiro atoms. The predicted molar refractivity (Wildman–Crippen MR) is 111 cm³/mol. The highest BCUT2D eigenvalue weighted by Gasteiger charge is 2.04. The van der Waals surface area contributed by atoms with Crippen LogP contribution in [-0.4, -0.2) is 19.4 Å². The number of ether oxygens (including phenoxy) is 2. The van der Waals surface area contributed by atoms with Crippen molar-refractivity contribution < 1.29 is 14.3 Å². The molecule has 0 amide bonds. The van der Waals surface area contributed by atoms with E-state index in [0.717, 1.165) is 19.3 Å². The molecule has 0 aliphatic heterocycles. The minimum absolute atomic E-state index is 0.351. The van der Waals surface area contributed by atoms with Crippen molar-refractivity contribution in [1.82, 2.24) is 0 Å². The molecule has 26 heavy (non-hydrogen) atoms. The van der Waals surface area contributed by atoms with Crippen LogP contribution in [0.5, 0.6) is 0 Å². The lowest BCUT2D eigenvalue weighted by molar-refractivity contribution is 0.0465. The number of hydrogen-bond acceptors (Lipinski definition) is 3. The molecular formula is C23H42O3. The van der Waals surface area contributed by atoms with Crippen molar-refractivity contribution in [2.75, 3.05) is 13.2 Å². The van der Waals surface area contributed by atoms with E-state index >= 15 is 0 Å². The van der Waals surface area contributed by atoms with E-state index in [-0.39, 0.29) is 0 Å². The summed E-state index contributed by atoms with van der Waals surface area (Å²) in [6.07, 6.45) is 23.2. The van der Waals surface area contributed by atoms with Crippen molar-refractivity contribution in [2.24, 2.45) is 5.92 Å². The van der Waals surface area contributed by atoms with Gasteiger partial charge >= 0.3 is 6.16 Å². The van der Waals surface area contributed by atoms with Gasteiger partial charge in [-0.25, -0.2) is 4.79 Å². The monoisotopic (exact) mass is 366 g/mol. The van der Waals surface area contributed by atoms with Crippen LogP contribution < -0.4 is 0 Å². The van der Waals surface area contributed by atoms with Crippen LogP contribution in [0.3, 0.4) is 0 Å². The molecule has 0 bridgehead atoms. The minimum Gasteiger partial charge on any atom is -0.434 e. The number of carbonyl (C=O) groups is 1. The Labute approximate surface area is 162 Å². The SMILES string of the molecule is CCCCCC=CCC=CCCCCCCCCOC(=O)OCC(C)C. The molecular weight excluding hydrogens is 324 g/mol. The molecule has 0 aromatic carbocycles. The Hall–Kier alpha value is -1.25. The number of hydrogen-bond donors (Lipinski definition) is 0. The van der Waals surface area contributed by atoms with Gasteiger partial charge in [0, 0.05) is 0 Å². The van der Waals surface area contributed by atoms with Crippen molar-refractivity contribution in [2.45, 2.75) is 97.8 Å². The summed E-state index contributed by atoms with van der Waals surface area (Å²) >= 11 is 0. The van der Waals surface area contributed by atoms with Gasteiger partial charge in [0.1, 0.15) is 0 Å². The zero-order valence-corrected chi connectivity index (χ0v) is 17.5. The first-order chi connectivity index (χ1) is 12.7. The van der Waals surface area contributed by atoms with Crippen LogP contribution in [-0.2, 0) is 9.47 Å². The van der Waals surface area contributed by atoms with Crippen LogP contribution >= 0.6 is 0 Å². The summed E-state index contributed by atoms with van der Waals surface area (Å²) in [6, 6.07) is 0. The maximum atomic E-state index is 11.3. The average molecular weight is 367 g/mol. The fraction of sp³-hybridized carbons (Fsp3) is 0.783. The smallest absolute Gasteiger partial charge is 0.434 e. The molecule has 0 aliphatic carbocycles. The van der Waals surface area contributed by atoms with Crippen molar-refractivity contribution in [1.29, 1.82) is 0 Å². The normalized spacial score (nSPS) is 11.7. The van der Waals surface area contributed by atoms with Crippen LogP contribution in [0.4, 0.5) is 4.79 Å². The van der Waals surface area contributed by atoms with Crippen LogP contribution in [0, 0.1) is 5.92 Å². The summed E-state index contributed by atoms with van der Waals surface area (Å²) in [7, 11) is 0. The van der Waals surface area contributed by atoms with Crippen molar-refractivity contribution in [3.63, 3.8) is 0 Å². The Bertz CT molecular complexity index is 358. The van der Waals surface area contributed by atoms with Gasteiger partial charge < -0.3 is 9.47 Å². The lowest BCUT2D eigenvalue weighted by Gasteiger charge is -2.07. The number of rotatable bonds is 17. The van der Waals surface area contributed by atoms with Gasteiger partial charge in [-0.05, 0) is 44.4 Å². The van der Waals surface area contributed by atoms with Gasteiger partial charge in [0.05, 0.1) is 13.2 Å². The average Bonchev–Trinajstić information content (AvgIpc) is 2.62. The van der Waals surface area contributed by atoms with Crippen LogP contribution in [0.25, 0.3) is 0 Å². The molecule has 0 radical (unpaired) electrons. The predicted octanol–water partition coefficient (Wildman–Crippen LogP) is 7.61. The van der Waals surface area contributed by atoms with E-state index in [4.69, 9.17) is 9.47 Å². The third kappa shape index (κ3) is 20.8. The number of allylic oxidation sites excluding steroid dienone is 4. The van der Waals surface area contributed by atoms with Crippen LogP contribution in [0.1, 0.15) is 97.8 Å². The first kappa shape index (κ1) is 24.8. The molecule has 0 aliphatic rings. The van der Waals surface area contributed by atoms with E-state index in [1.807, 2.05) is 13.8 Å². The highest BCUT2D eigenvalue weighted by Crippen LogP contribution is 2.08. The first-order valence-corrected chi connectivity index (χ1v) is 10.8. The summed E-state index contributed by atoms with van der Waals surface area (Å²) in [6.45, 7) is 7.17. The number of carbonyl (C=O) groups excluding carboxylic acids is 1. The molecule has 0 saturated carbocycles. The molecule has 3 heteroatoms. The fourth-order valence-corrected chi connectivity index (χ4v) is 2.52. The zero-order valence-electron chi connectivity index (χ0n) is 17.5. The van der Waals surface area contributed by atoms with Gasteiger partial charge in [0.2, 0.25) is 0 Å². The van der Waals surface area contributed by atoms with E-state index in [0.29, 0.717) is 19.1 Å². The molecule has 0 rings (SSSR count). The van der Waals surface area contributed by atoms with E-state index in [1.165, 1.54) is 57.8 Å². The van der Waals surface area contributed by atoms with E-state index < -0.39 is 6.16 Å². The second-order valence-corrected chi connectivity index (χ2v) is 7.39. The molecule has 0 fully saturated rings. The molecule has 0 saturated heterocycles. The third-order valence-corrected chi connectivity index (χ3v) is 4.10. The standard InChI is InChI=1S/C23H42O3/c1-4-5-6-7-8-9-10-11-12-13-14-15-16-17-18-19-20-25-23(24)26-21-22(2)3/h8-9,11-12,22H,4-7,10,13-21H2,1-3H3. The van der Waals surface area contributed by atoms with Crippen LogP contribution in [0.15, 0.2) is 24.3 Å². The molecule has 0 aromatic heterocycles. The maximum Gasteiger partial charge on any atom is 0.508 e. The van der Waals surface area contributed by atoms with Gasteiger partial charge in [-0.15, -0.1) is 0 Å². The Balaban J connectivity index is 3.24. The molecule has 152 valence electrons. The van der Waals surface area contributed by atoms with Gasteiger partial charge in [-0.1, -0.05) is 83.6 Å². The largest absolute Gasteiger partial charge is 0.508 e. The molecule has 0 N–H and O–H groups in total. The van der Waals surface area contributed by atoms with Crippen molar-refractivity contribution in [3.05, 3.63) is 24.3 Å². The third-order valence-electron chi connectivity index (χ3n) is 4.10. The summed E-state index contributed by atoms with van der Waals surface area (Å²) in [4.78, 5) is 11.3. The van der Waals surface area contributed by atoms with E-state index in [2.05, 4.69) is 31.2 Å². The quantitative estimate of drug-likeness (QED) is 0.151. The summed E-state index contributed by atoms with van der Waals surface area (Å²) in [5.74, 6) is 0.351. The fourth-order valence-electron chi connectivity index (χ4n) is 2.52. The molecule has 0 aromatic rings. The zero-order chi connectivity index (χ0) is 19.3. The molecule has 3 nitrogen and oxygen atoms in total. The van der Waals surface area contributed by atoms with Gasteiger partial charge in [0.15, 0.2) is 0 Å². The van der Waals surface area contributed by atoms with Crippen molar-refractivity contribution in [3.8, 4) is 0 Å². The summed E-state index contributed by atoms with van der Waals surface area (Å²) in [5, 5.41) is 0. The molecule has 0 atom stereocenters. The van der Waals surface area contributed by atoms with E-state index in [9.17, 15) is 4.79 Å². The summed E-state index contributed by atoms with van der Waals surface area (Å²) < 4.78 is 10.00. The van der Waals surface area contributed by atoms with Gasteiger partial charge in [0.25, 0.3) is 0 Å². The van der Waals surface area contributed by atoms with E-state index in [1.54, 1.807) is 0 Å². The molecule has 0 unspecified atom stereocenters. The molecule has 0 heterocycles. The first-order valence-electron chi connectivity index (χ1n) is 10.8. The summed E-state index contributed by atoms with van der Waals surface area (Å²) in [5.41, 5.74) is 0. The highest BCUT2D eigenvalue weighted by molar-refractivity contribution is 5.59. The van der Waals surface area contributed by atoms with Gasteiger partial charge in [-0.3, -0.25) is 0 Å². The lowest BCUT2D eigenvalue weighted by atomic mass is 10.1. The Morgan fingerprint density at radius 3 is 1.96 bits per heavy atom. The number of unbranched alkanes of at least 4 members (excludes halogenated alkanes) is 9. The Morgan fingerprint density at radius 1 is 0.769 bits per heavy atom.